The third-order valence-electron chi connectivity index (χ3n) is 4.49. The van der Waals surface area contributed by atoms with Gasteiger partial charge in [-0.2, -0.15) is 0 Å². The molecule has 0 bridgehead atoms. The maximum atomic E-state index is 12.8. The first-order chi connectivity index (χ1) is 13.1. The molecular weight excluding hydrogens is 344 g/mol. The molecule has 7 nitrogen and oxygen atoms in total. The van der Waals surface area contributed by atoms with Gasteiger partial charge in [-0.1, -0.05) is 24.8 Å². The van der Waals surface area contributed by atoms with Gasteiger partial charge in [0.25, 0.3) is 5.56 Å². The zero-order valence-electron chi connectivity index (χ0n) is 15.4. The van der Waals surface area contributed by atoms with Gasteiger partial charge in [0.05, 0.1) is 11.4 Å². The van der Waals surface area contributed by atoms with E-state index in [1.54, 1.807) is 30.0 Å². The number of anilines is 1. The van der Waals surface area contributed by atoms with E-state index in [0.717, 1.165) is 18.5 Å². The number of nitrogens with one attached hydrogen (secondary N) is 2. The fourth-order valence-corrected chi connectivity index (χ4v) is 3.25. The van der Waals surface area contributed by atoms with Crippen molar-refractivity contribution in [3.63, 3.8) is 0 Å². The van der Waals surface area contributed by atoms with Gasteiger partial charge in [0, 0.05) is 25.1 Å². The van der Waals surface area contributed by atoms with Crippen molar-refractivity contribution in [1.29, 1.82) is 0 Å². The number of benzene rings is 1. The number of amides is 2. The number of hydrogen-bond acceptors (Lipinski definition) is 4. The molecule has 2 aromatic rings. The van der Waals surface area contributed by atoms with Crippen molar-refractivity contribution in [1.82, 2.24) is 14.9 Å². The predicted molar refractivity (Wildman–Crippen MR) is 104 cm³/mol. The number of carbonyl (C=O) groups is 1. The summed E-state index contributed by atoms with van der Waals surface area (Å²) in [4.78, 5) is 33.3. The Kier molecular flexibility index (Phi) is 5.90. The molecule has 1 fully saturated rings. The number of ether oxygens (including phenoxy) is 1. The monoisotopic (exact) mass is 368 g/mol. The molecule has 1 saturated heterocycles. The highest BCUT2D eigenvalue weighted by Crippen LogP contribution is 2.27. The van der Waals surface area contributed by atoms with Gasteiger partial charge < -0.3 is 19.9 Å². The number of rotatable bonds is 5. The van der Waals surface area contributed by atoms with Gasteiger partial charge in [0.1, 0.15) is 18.2 Å². The van der Waals surface area contributed by atoms with Crippen LogP contribution in [-0.4, -0.2) is 40.6 Å². The Morgan fingerprint density at radius 2 is 2.30 bits per heavy atom. The zero-order valence-corrected chi connectivity index (χ0v) is 15.4. The number of aromatic nitrogens is 2. The van der Waals surface area contributed by atoms with Crippen LogP contribution in [0.1, 0.15) is 30.3 Å². The van der Waals surface area contributed by atoms with E-state index in [4.69, 9.17) is 4.74 Å². The molecule has 142 valence electrons. The number of hydrogen-bond donors (Lipinski definition) is 2. The maximum absolute atomic E-state index is 12.8. The minimum Gasteiger partial charge on any atom is -0.487 e. The molecule has 0 spiro atoms. The van der Waals surface area contributed by atoms with E-state index in [2.05, 4.69) is 21.9 Å². The molecule has 1 aliphatic rings. The zero-order chi connectivity index (χ0) is 19.2. The van der Waals surface area contributed by atoms with Crippen molar-refractivity contribution in [2.75, 3.05) is 25.0 Å². The van der Waals surface area contributed by atoms with E-state index < -0.39 is 0 Å². The van der Waals surface area contributed by atoms with Gasteiger partial charge in [-0.05, 0) is 31.9 Å². The lowest BCUT2D eigenvalue weighted by Crippen LogP contribution is -2.42. The van der Waals surface area contributed by atoms with Crippen LogP contribution in [0.5, 0.6) is 5.75 Å². The SMILES string of the molecule is C=CCOc1ccccc1NC(=O)N1CCC[C@H](c2cc(=O)[nH]c(C)n2)C1. The first kappa shape index (κ1) is 18.7. The highest BCUT2D eigenvalue weighted by Gasteiger charge is 2.26. The summed E-state index contributed by atoms with van der Waals surface area (Å²) in [6, 6.07) is 8.65. The topological polar surface area (TPSA) is 87.3 Å². The average Bonchev–Trinajstić information content (AvgIpc) is 2.66. The Labute approximate surface area is 158 Å². The summed E-state index contributed by atoms with van der Waals surface area (Å²) >= 11 is 0. The van der Waals surface area contributed by atoms with E-state index in [9.17, 15) is 9.59 Å². The standard InChI is InChI=1S/C20H24N4O3/c1-3-11-27-18-9-5-4-8-16(18)23-20(26)24-10-6-7-15(13-24)17-12-19(25)22-14(2)21-17/h3-5,8-9,12,15H,1,6-7,10-11,13H2,2H3,(H,23,26)(H,21,22,25)/t15-/m0/s1. The number of nitrogens with zero attached hydrogens (tertiary/aromatic N) is 2. The van der Waals surface area contributed by atoms with Crippen molar-refractivity contribution < 1.29 is 9.53 Å². The fourth-order valence-electron chi connectivity index (χ4n) is 3.25. The number of aryl methyl sites for hydroxylation is 1. The second kappa shape index (κ2) is 8.53. The summed E-state index contributed by atoms with van der Waals surface area (Å²) in [7, 11) is 0. The Morgan fingerprint density at radius 3 is 3.07 bits per heavy atom. The second-order valence-electron chi connectivity index (χ2n) is 6.57. The third kappa shape index (κ3) is 4.75. The summed E-state index contributed by atoms with van der Waals surface area (Å²) < 4.78 is 5.59. The van der Waals surface area contributed by atoms with Gasteiger partial charge in [-0.15, -0.1) is 0 Å². The van der Waals surface area contributed by atoms with Crippen molar-refractivity contribution in [2.45, 2.75) is 25.7 Å². The van der Waals surface area contributed by atoms with Gasteiger partial charge in [-0.3, -0.25) is 4.79 Å². The molecule has 1 aromatic heterocycles. The number of H-pyrrole nitrogens is 1. The number of aromatic amines is 1. The normalized spacial score (nSPS) is 16.6. The minimum absolute atomic E-state index is 0.0535. The number of urea groups is 1. The van der Waals surface area contributed by atoms with Crippen LogP contribution in [0.4, 0.5) is 10.5 Å². The molecule has 7 heteroatoms. The highest BCUT2D eigenvalue weighted by atomic mass is 16.5. The summed E-state index contributed by atoms with van der Waals surface area (Å²) in [5.74, 6) is 1.25. The van der Waals surface area contributed by atoms with Gasteiger partial charge in [-0.25, -0.2) is 9.78 Å². The molecule has 0 aliphatic carbocycles. The molecule has 0 saturated carbocycles. The summed E-state index contributed by atoms with van der Waals surface area (Å²) in [6.07, 6.45) is 3.42. The smallest absolute Gasteiger partial charge is 0.321 e. The first-order valence-corrected chi connectivity index (χ1v) is 9.03. The van der Waals surface area contributed by atoms with Crippen molar-refractivity contribution >= 4 is 11.7 Å². The Bertz CT molecular complexity index is 878. The number of carbonyl (C=O) groups excluding carboxylic acids is 1. The number of piperidine rings is 1. The first-order valence-electron chi connectivity index (χ1n) is 9.03. The van der Waals surface area contributed by atoms with Crippen LogP contribution in [0.3, 0.4) is 0 Å². The lowest BCUT2D eigenvalue weighted by molar-refractivity contribution is 0.192. The summed E-state index contributed by atoms with van der Waals surface area (Å²) in [5, 5.41) is 2.92. The summed E-state index contributed by atoms with van der Waals surface area (Å²) in [6.45, 7) is 6.96. The number of likely N-dealkylation sites (tertiary alicyclic amines) is 1. The lowest BCUT2D eigenvalue weighted by atomic mass is 9.94. The van der Waals surface area contributed by atoms with Crippen molar-refractivity contribution in [2.24, 2.45) is 0 Å². The Hall–Kier alpha value is -3.09. The van der Waals surface area contributed by atoms with Crippen LogP contribution in [0.15, 0.2) is 47.8 Å². The van der Waals surface area contributed by atoms with Crippen LogP contribution in [-0.2, 0) is 0 Å². The molecule has 1 aliphatic heterocycles. The van der Waals surface area contributed by atoms with E-state index >= 15 is 0 Å². The maximum Gasteiger partial charge on any atom is 0.321 e. The predicted octanol–water partition coefficient (Wildman–Crippen LogP) is 3.05. The lowest BCUT2D eigenvalue weighted by Gasteiger charge is -2.32. The molecule has 0 radical (unpaired) electrons. The highest BCUT2D eigenvalue weighted by molar-refractivity contribution is 5.91. The van der Waals surface area contributed by atoms with Crippen LogP contribution < -0.4 is 15.6 Å². The molecule has 0 unspecified atom stereocenters. The van der Waals surface area contributed by atoms with Gasteiger partial charge in [0.15, 0.2) is 0 Å². The van der Waals surface area contributed by atoms with Crippen molar-refractivity contribution in [3.8, 4) is 5.75 Å². The average molecular weight is 368 g/mol. The Balaban J connectivity index is 1.70. The van der Waals surface area contributed by atoms with Crippen molar-refractivity contribution in [3.05, 3.63) is 64.9 Å². The quantitative estimate of drug-likeness (QED) is 0.794. The van der Waals surface area contributed by atoms with Gasteiger partial charge >= 0.3 is 6.03 Å². The van der Waals surface area contributed by atoms with Crippen LogP contribution in [0.25, 0.3) is 0 Å². The largest absolute Gasteiger partial charge is 0.487 e. The molecule has 1 aromatic carbocycles. The molecule has 1 atom stereocenters. The number of para-hydroxylation sites is 2. The van der Waals surface area contributed by atoms with Crippen LogP contribution in [0.2, 0.25) is 0 Å². The van der Waals surface area contributed by atoms with Crippen LogP contribution >= 0.6 is 0 Å². The van der Waals surface area contributed by atoms with Crippen LogP contribution in [0, 0.1) is 6.92 Å². The third-order valence-corrected chi connectivity index (χ3v) is 4.49. The van der Waals surface area contributed by atoms with E-state index in [0.29, 0.717) is 37.0 Å². The molecule has 2 N–H and O–H groups in total. The molecular formula is C20H24N4O3. The van der Waals surface area contributed by atoms with Gasteiger partial charge in [0.2, 0.25) is 0 Å². The van der Waals surface area contributed by atoms with E-state index in [-0.39, 0.29) is 17.5 Å². The molecule has 27 heavy (non-hydrogen) atoms. The van der Waals surface area contributed by atoms with E-state index in [1.165, 1.54) is 6.07 Å². The fraction of sp³-hybridized carbons (Fsp3) is 0.350. The minimum atomic E-state index is -0.184. The molecule has 3 rings (SSSR count). The molecule has 2 amide bonds. The Morgan fingerprint density at radius 1 is 1.48 bits per heavy atom. The van der Waals surface area contributed by atoms with E-state index in [1.807, 2.05) is 12.1 Å². The second-order valence-corrected chi connectivity index (χ2v) is 6.57. The summed E-state index contributed by atoms with van der Waals surface area (Å²) in [5.41, 5.74) is 1.20. The molecule has 2 heterocycles.